The summed E-state index contributed by atoms with van der Waals surface area (Å²) in [5, 5.41) is 0. The van der Waals surface area contributed by atoms with Crippen LogP contribution in [0.15, 0.2) is 22.7 Å². The number of ether oxygens (including phenoxy) is 1. The van der Waals surface area contributed by atoms with Gasteiger partial charge >= 0.3 is 0 Å². The van der Waals surface area contributed by atoms with Crippen LogP contribution in [0.3, 0.4) is 0 Å². The Hall–Kier alpha value is -0.540. The number of rotatable bonds is 6. The van der Waals surface area contributed by atoms with E-state index >= 15 is 0 Å². The molecule has 0 aliphatic carbocycles. The lowest BCUT2D eigenvalue weighted by molar-refractivity contribution is 0.254. The van der Waals surface area contributed by atoms with Gasteiger partial charge in [0.05, 0.1) is 6.61 Å². The topological polar surface area (TPSA) is 35.2 Å². The molecule has 0 saturated carbocycles. The second-order valence-corrected chi connectivity index (χ2v) is 5.03. The Labute approximate surface area is 106 Å². The van der Waals surface area contributed by atoms with Crippen molar-refractivity contribution in [2.75, 3.05) is 13.2 Å². The second-order valence-electron chi connectivity index (χ2n) is 4.12. The first kappa shape index (κ1) is 13.5. The summed E-state index contributed by atoms with van der Waals surface area (Å²) >= 11 is 3.46. The summed E-state index contributed by atoms with van der Waals surface area (Å²) in [5.41, 5.74) is 6.77. The number of nitrogens with two attached hydrogens (primary N) is 1. The smallest absolute Gasteiger partial charge is 0.122 e. The molecule has 0 bridgehead atoms. The summed E-state index contributed by atoms with van der Waals surface area (Å²) in [4.78, 5) is 0. The van der Waals surface area contributed by atoms with Gasteiger partial charge in [-0.1, -0.05) is 36.2 Å². The molecule has 1 aromatic rings. The Morgan fingerprint density at radius 3 is 2.81 bits per heavy atom. The molecule has 0 radical (unpaired) electrons. The predicted molar refractivity (Wildman–Crippen MR) is 71.9 cm³/mol. The average Bonchev–Trinajstić information content (AvgIpc) is 2.28. The van der Waals surface area contributed by atoms with Crippen LogP contribution in [0.5, 0.6) is 5.75 Å². The maximum absolute atomic E-state index is 5.82. The van der Waals surface area contributed by atoms with Gasteiger partial charge in [0.15, 0.2) is 0 Å². The van der Waals surface area contributed by atoms with E-state index in [2.05, 4.69) is 35.8 Å². The minimum Gasteiger partial charge on any atom is -0.493 e. The maximum Gasteiger partial charge on any atom is 0.122 e. The van der Waals surface area contributed by atoms with Crippen molar-refractivity contribution in [3.8, 4) is 5.75 Å². The fourth-order valence-corrected chi connectivity index (χ4v) is 1.80. The third-order valence-corrected chi connectivity index (χ3v) is 3.15. The lowest BCUT2D eigenvalue weighted by Gasteiger charge is -2.14. The highest BCUT2D eigenvalue weighted by Crippen LogP contribution is 2.24. The number of halogens is 1. The van der Waals surface area contributed by atoms with E-state index in [0.717, 1.165) is 29.7 Å². The first-order valence-corrected chi connectivity index (χ1v) is 6.58. The van der Waals surface area contributed by atoms with E-state index in [1.165, 1.54) is 5.56 Å². The second kappa shape index (κ2) is 6.92. The van der Waals surface area contributed by atoms with Crippen molar-refractivity contribution in [3.05, 3.63) is 28.2 Å². The monoisotopic (exact) mass is 285 g/mol. The lowest BCUT2D eigenvalue weighted by atomic mass is 10.1. The zero-order valence-electron chi connectivity index (χ0n) is 10.0. The van der Waals surface area contributed by atoms with Crippen molar-refractivity contribution in [1.82, 2.24) is 0 Å². The van der Waals surface area contributed by atoms with Crippen molar-refractivity contribution in [2.24, 2.45) is 11.7 Å². The SMILES string of the molecule is CCC(C)COc1ccc(Br)cc1CCN. The molecule has 2 nitrogen and oxygen atoms in total. The Kier molecular flexibility index (Phi) is 5.85. The third-order valence-electron chi connectivity index (χ3n) is 2.66. The molecule has 0 amide bonds. The van der Waals surface area contributed by atoms with Gasteiger partial charge in [-0.25, -0.2) is 0 Å². The molecule has 16 heavy (non-hydrogen) atoms. The van der Waals surface area contributed by atoms with Crippen molar-refractivity contribution in [3.63, 3.8) is 0 Å². The fraction of sp³-hybridized carbons (Fsp3) is 0.538. The zero-order chi connectivity index (χ0) is 12.0. The highest BCUT2D eigenvalue weighted by Gasteiger charge is 2.06. The predicted octanol–water partition coefficient (Wildman–Crippen LogP) is 3.38. The van der Waals surface area contributed by atoms with Crippen molar-refractivity contribution in [1.29, 1.82) is 0 Å². The average molecular weight is 286 g/mol. The van der Waals surface area contributed by atoms with Crippen LogP contribution >= 0.6 is 15.9 Å². The van der Waals surface area contributed by atoms with Crippen LogP contribution in [0.2, 0.25) is 0 Å². The van der Waals surface area contributed by atoms with Crippen LogP contribution < -0.4 is 10.5 Å². The number of hydrogen-bond donors (Lipinski definition) is 1. The van der Waals surface area contributed by atoms with Crippen molar-refractivity contribution in [2.45, 2.75) is 26.7 Å². The molecule has 1 atom stereocenters. The molecule has 0 aliphatic heterocycles. The Morgan fingerprint density at radius 1 is 1.44 bits per heavy atom. The van der Waals surface area contributed by atoms with Crippen molar-refractivity contribution < 1.29 is 4.74 Å². The van der Waals surface area contributed by atoms with E-state index < -0.39 is 0 Å². The maximum atomic E-state index is 5.82. The first-order valence-electron chi connectivity index (χ1n) is 5.78. The summed E-state index contributed by atoms with van der Waals surface area (Å²) < 4.78 is 6.90. The zero-order valence-corrected chi connectivity index (χ0v) is 11.6. The van der Waals surface area contributed by atoms with Gasteiger partial charge in [0.2, 0.25) is 0 Å². The molecule has 1 rings (SSSR count). The van der Waals surface area contributed by atoms with Gasteiger partial charge in [-0.3, -0.25) is 0 Å². The summed E-state index contributed by atoms with van der Waals surface area (Å²) in [6.07, 6.45) is 2.00. The van der Waals surface area contributed by atoms with E-state index in [-0.39, 0.29) is 0 Å². The summed E-state index contributed by atoms with van der Waals surface area (Å²) in [6.45, 7) is 5.80. The van der Waals surface area contributed by atoms with Gasteiger partial charge < -0.3 is 10.5 Å². The molecular formula is C13H20BrNO. The number of benzene rings is 1. The first-order chi connectivity index (χ1) is 7.67. The minimum absolute atomic E-state index is 0.592. The summed E-state index contributed by atoms with van der Waals surface area (Å²) in [6, 6.07) is 6.10. The van der Waals surface area contributed by atoms with E-state index in [0.29, 0.717) is 12.5 Å². The van der Waals surface area contributed by atoms with E-state index in [1.54, 1.807) is 0 Å². The molecule has 90 valence electrons. The van der Waals surface area contributed by atoms with Gasteiger partial charge in [0.25, 0.3) is 0 Å². The van der Waals surface area contributed by atoms with Crippen LogP contribution in [-0.2, 0) is 6.42 Å². The van der Waals surface area contributed by atoms with Gasteiger partial charge in [-0.2, -0.15) is 0 Å². The summed E-state index contributed by atoms with van der Waals surface area (Å²) in [5.74, 6) is 1.56. The van der Waals surface area contributed by atoms with E-state index in [4.69, 9.17) is 10.5 Å². The van der Waals surface area contributed by atoms with Crippen LogP contribution in [0.4, 0.5) is 0 Å². The molecule has 0 heterocycles. The molecule has 0 aromatic heterocycles. The molecule has 0 fully saturated rings. The van der Waals surface area contributed by atoms with Crippen LogP contribution in [0, 0.1) is 5.92 Å². The van der Waals surface area contributed by atoms with Crippen LogP contribution in [0.25, 0.3) is 0 Å². The van der Waals surface area contributed by atoms with Gasteiger partial charge in [-0.05, 0) is 42.6 Å². The normalized spacial score (nSPS) is 12.5. The Bertz CT molecular complexity index is 328. The third kappa shape index (κ3) is 4.14. The lowest BCUT2D eigenvalue weighted by Crippen LogP contribution is -2.10. The van der Waals surface area contributed by atoms with Gasteiger partial charge in [-0.15, -0.1) is 0 Å². The molecular weight excluding hydrogens is 266 g/mol. The van der Waals surface area contributed by atoms with Crippen LogP contribution in [0.1, 0.15) is 25.8 Å². The van der Waals surface area contributed by atoms with E-state index in [9.17, 15) is 0 Å². The molecule has 0 spiro atoms. The quantitative estimate of drug-likeness (QED) is 0.870. The summed E-state index contributed by atoms with van der Waals surface area (Å²) in [7, 11) is 0. The number of hydrogen-bond acceptors (Lipinski definition) is 2. The molecule has 1 aromatic carbocycles. The minimum atomic E-state index is 0.592. The van der Waals surface area contributed by atoms with Gasteiger partial charge in [0, 0.05) is 4.47 Å². The largest absolute Gasteiger partial charge is 0.493 e. The van der Waals surface area contributed by atoms with Crippen molar-refractivity contribution >= 4 is 15.9 Å². The molecule has 0 saturated heterocycles. The molecule has 3 heteroatoms. The highest BCUT2D eigenvalue weighted by molar-refractivity contribution is 9.10. The highest BCUT2D eigenvalue weighted by atomic mass is 79.9. The molecule has 1 unspecified atom stereocenters. The molecule has 2 N–H and O–H groups in total. The standard InChI is InChI=1S/C13H20BrNO/c1-3-10(2)9-16-13-5-4-12(14)8-11(13)6-7-15/h4-5,8,10H,3,6-7,9,15H2,1-2H3. The Balaban J connectivity index is 2.70. The van der Waals surface area contributed by atoms with Gasteiger partial charge in [0.1, 0.15) is 5.75 Å². The Morgan fingerprint density at radius 2 is 2.19 bits per heavy atom. The molecule has 0 aliphatic rings. The van der Waals surface area contributed by atoms with E-state index in [1.807, 2.05) is 12.1 Å². The fourth-order valence-electron chi connectivity index (χ4n) is 1.39. The van der Waals surface area contributed by atoms with Crippen LogP contribution in [-0.4, -0.2) is 13.2 Å².